The maximum atomic E-state index is 12.0. The Labute approximate surface area is 160 Å². The number of benzene rings is 2. The zero-order valence-corrected chi connectivity index (χ0v) is 15.2. The molecular formula is C21H16N2O3S. The van der Waals surface area contributed by atoms with Gasteiger partial charge in [0.05, 0.1) is 0 Å². The van der Waals surface area contributed by atoms with Gasteiger partial charge in [0.15, 0.2) is 0 Å². The van der Waals surface area contributed by atoms with E-state index in [1.54, 1.807) is 6.20 Å². The van der Waals surface area contributed by atoms with Crippen LogP contribution in [0.25, 0.3) is 10.8 Å². The number of imide groups is 1. The minimum Gasteiger partial charge on any atom is -0.438 e. The number of amides is 2. The summed E-state index contributed by atoms with van der Waals surface area (Å²) in [5.74, 6) is 1.21. The van der Waals surface area contributed by atoms with Crippen molar-refractivity contribution in [3.63, 3.8) is 0 Å². The second-order valence-corrected chi connectivity index (χ2v) is 7.87. The van der Waals surface area contributed by atoms with Crippen molar-refractivity contribution in [2.45, 2.75) is 24.0 Å². The number of aromatic nitrogens is 1. The van der Waals surface area contributed by atoms with Crippen LogP contribution in [-0.2, 0) is 11.2 Å². The third-order valence-corrected chi connectivity index (χ3v) is 6.29. The van der Waals surface area contributed by atoms with Crippen LogP contribution in [0.1, 0.15) is 23.5 Å². The number of rotatable bonds is 3. The molecule has 0 radical (unpaired) electrons. The summed E-state index contributed by atoms with van der Waals surface area (Å²) in [5, 5.41) is 3.86. The van der Waals surface area contributed by atoms with Crippen LogP contribution in [0, 0.1) is 0 Å². The van der Waals surface area contributed by atoms with E-state index in [4.69, 9.17) is 4.74 Å². The highest BCUT2D eigenvalue weighted by Crippen LogP contribution is 2.43. The lowest BCUT2D eigenvalue weighted by Crippen LogP contribution is -2.27. The van der Waals surface area contributed by atoms with E-state index < -0.39 is 0 Å². The van der Waals surface area contributed by atoms with Crippen LogP contribution < -0.4 is 10.1 Å². The molecule has 1 aliphatic heterocycles. The molecule has 0 bridgehead atoms. The molecule has 0 spiro atoms. The molecule has 6 heteroatoms. The highest BCUT2D eigenvalue weighted by molar-refractivity contribution is 8.15. The zero-order chi connectivity index (χ0) is 18.4. The van der Waals surface area contributed by atoms with E-state index >= 15 is 0 Å². The number of aryl methyl sites for hydroxylation is 1. The molecule has 1 aromatic heterocycles. The molecule has 2 amide bonds. The Morgan fingerprint density at radius 3 is 2.85 bits per heavy atom. The molecule has 2 heterocycles. The van der Waals surface area contributed by atoms with Gasteiger partial charge in [-0.2, -0.15) is 0 Å². The number of carbonyl (C=O) groups is 2. The lowest BCUT2D eigenvalue weighted by Gasteiger charge is -2.16. The Morgan fingerprint density at radius 1 is 1.11 bits per heavy atom. The lowest BCUT2D eigenvalue weighted by molar-refractivity contribution is -0.119. The molecule has 1 aliphatic carbocycles. The average Bonchev–Trinajstić information content (AvgIpc) is 3.24. The van der Waals surface area contributed by atoms with Gasteiger partial charge in [-0.25, -0.2) is 4.98 Å². The maximum Gasteiger partial charge on any atom is 0.286 e. The van der Waals surface area contributed by atoms with Crippen LogP contribution in [0.2, 0.25) is 0 Å². The quantitative estimate of drug-likeness (QED) is 0.733. The van der Waals surface area contributed by atoms with Crippen molar-refractivity contribution < 1.29 is 14.3 Å². The molecule has 1 saturated heterocycles. The lowest BCUT2D eigenvalue weighted by atomic mass is 9.97. The number of hydrogen-bond acceptors (Lipinski definition) is 5. The molecule has 2 atom stereocenters. The predicted octanol–water partition coefficient (Wildman–Crippen LogP) is 4.41. The predicted molar refractivity (Wildman–Crippen MR) is 104 cm³/mol. The van der Waals surface area contributed by atoms with Crippen molar-refractivity contribution in [2.24, 2.45) is 0 Å². The van der Waals surface area contributed by atoms with Crippen molar-refractivity contribution in [1.29, 1.82) is 0 Å². The zero-order valence-electron chi connectivity index (χ0n) is 14.3. The summed E-state index contributed by atoms with van der Waals surface area (Å²) in [6, 6.07) is 15.9. The molecule has 0 saturated carbocycles. The van der Waals surface area contributed by atoms with Crippen molar-refractivity contribution in [1.82, 2.24) is 10.3 Å². The molecule has 5 nitrogen and oxygen atoms in total. The summed E-state index contributed by atoms with van der Waals surface area (Å²) in [6.45, 7) is 0. The summed E-state index contributed by atoms with van der Waals surface area (Å²) in [5.41, 5.74) is 2.31. The number of hydrogen-bond donors (Lipinski definition) is 1. The van der Waals surface area contributed by atoms with E-state index in [2.05, 4.69) is 10.3 Å². The van der Waals surface area contributed by atoms with Crippen molar-refractivity contribution in [2.75, 3.05) is 0 Å². The van der Waals surface area contributed by atoms with Crippen LogP contribution in [0.15, 0.2) is 54.7 Å². The second kappa shape index (κ2) is 6.39. The maximum absolute atomic E-state index is 12.0. The summed E-state index contributed by atoms with van der Waals surface area (Å²) in [4.78, 5) is 27.9. The van der Waals surface area contributed by atoms with Gasteiger partial charge in [0, 0.05) is 17.5 Å². The molecule has 5 rings (SSSR count). The van der Waals surface area contributed by atoms with Gasteiger partial charge in [-0.1, -0.05) is 36.0 Å². The summed E-state index contributed by atoms with van der Waals surface area (Å²) >= 11 is 1.10. The Hall–Kier alpha value is -2.86. The van der Waals surface area contributed by atoms with Crippen LogP contribution in [-0.4, -0.2) is 21.4 Å². The fraction of sp³-hybridized carbons (Fsp3) is 0.190. The van der Waals surface area contributed by atoms with E-state index in [1.807, 2.05) is 48.5 Å². The molecule has 1 fully saturated rings. The fourth-order valence-electron chi connectivity index (χ4n) is 3.92. The van der Waals surface area contributed by atoms with Crippen molar-refractivity contribution >= 4 is 33.7 Å². The molecule has 27 heavy (non-hydrogen) atoms. The Bertz CT molecular complexity index is 1080. The molecule has 1 unspecified atom stereocenters. The van der Waals surface area contributed by atoms with Gasteiger partial charge in [-0.3, -0.25) is 14.9 Å². The minimum absolute atomic E-state index is 0.0705. The monoisotopic (exact) mass is 376 g/mol. The first kappa shape index (κ1) is 16.3. The van der Waals surface area contributed by atoms with Gasteiger partial charge in [0.1, 0.15) is 11.0 Å². The number of ether oxygens (including phenoxy) is 1. The summed E-state index contributed by atoms with van der Waals surface area (Å²) in [7, 11) is 0. The number of pyridine rings is 1. The van der Waals surface area contributed by atoms with Crippen LogP contribution in [0.4, 0.5) is 4.79 Å². The minimum atomic E-state index is -0.328. The Balaban J connectivity index is 1.44. The van der Waals surface area contributed by atoms with E-state index in [1.165, 1.54) is 5.56 Å². The topological polar surface area (TPSA) is 68.3 Å². The number of thioether (sulfide) groups is 1. The third-order valence-electron chi connectivity index (χ3n) is 5.17. The SMILES string of the molecule is O=C1NC(=O)C([C@@H]2CCc3cc(Oc4nccc5ccccc45)ccc32)S1. The first-order valence-corrected chi connectivity index (χ1v) is 9.73. The smallest absolute Gasteiger partial charge is 0.286 e. The first-order valence-electron chi connectivity index (χ1n) is 8.85. The molecule has 1 N–H and O–H groups in total. The number of carbonyl (C=O) groups excluding carboxylic acids is 2. The van der Waals surface area contributed by atoms with Gasteiger partial charge in [0.2, 0.25) is 11.8 Å². The molecule has 2 aromatic carbocycles. The Kier molecular flexibility index (Phi) is 3.86. The fourth-order valence-corrected chi connectivity index (χ4v) is 4.93. The van der Waals surface area contributed by atoms with Crippen LogP contribution >= 0.6 is 11.8 Å². The highest BCUT2D eigenvalue weighted by Gasteiger charge is 2.41. The van der Waals surface area contributed by atoms with Gasteiger partial charge in [-0.15, -0.1) is 0 Å². The van der Waals surface area contributed by atoms with Crippen molar-refractivity contribution in [3.05, 3.63) is 65.9 Å². The second-order valence-electron chi connectivity index (χ2n) is 6.76. The van der Waals surface area contributed by atoms with Gasteiger partial charge in [-0.05, 0) is 53.6 Å². The van der Waals surface area contributed by atoms with E-state index in [9.17, 15) is 9.59 Å². The van der Waals surface area contributed by atoms with Gasteiger partial charge in [0.25, 0.3) is 5.24 Å². The van der Waals surface area contributed by atoms with Gasteiger partial charge >= 0.3 is 0 Å². The van der Waals surface area contributed by atoms with Crippen LogP contribution in [0.5, 0.6) is 11.6 Å². The van der Waals surface area contributed by atoms with E-state index in [-0.39, 0.29) is 22.3 Å². The third kappa shape index (κ3) is 2.86. The molecule has 134 valence electrons. The first-order chi connectivity index (χ1) is 13.2. The highest BCUT2D eigenvalue weighted by atomic mass is 32.2. The molecular weight excluding hydrogens is 360 g/mol. The summed E-state index contributed by atoms with van der Waals surface area (Å²) < 4.78 is 6.07. The summed E-state index contributed by atoms with van der Waals surface area (Å²) in [6.07, 6.45) is 3.48. The normalized spacial score (nSPS) is 21.3. The van der Waals surface area contributed by atoms with Crippen LogP contribution in [0.3, 0.4) is 0 Å². The Morgan fingerprint density at radius 2 is 2.00 bits per heavy atom. The standard InChI is InChI=1S/C21H16N2O3S/c24-19-18(27-21(25)23-19)17-7-5-13-11-14(6-8-15(13)17)26-20-16-4-2-1-3-12(16)9-10-22-20/h1-4,6,8-11,17-18H,5,7H2,(H,23,24,25)/t17-,18?/m1/s1. The van der Waals surface area contributed by atoms with E-state index in [0.29, 0.717) is 5.88 Å². The number of fused-ring (bicyclic) bond motifs is 2. The molecule has 3 aromatic rings. The van der Waals surface area contributed by atoms with Crippen molar-refractivity contribution in [3.8, 4) is 11.6 Å². The van der Waals surface area contributed by atoms with Gasteiger partial charge < -0.3 is 4.74 Å². The largest absolute Gasteiger partial charge is 0.438 e. The average molecular weight is 376 g/mol. The van der Waals surface area contributed by atoms with E-state index in [0.717, 1.165) is 46.7 Å². The number of nitrogens with zero attached hydrogens (tertiary/aromatic N) is 1. The number of nitrogens with one attached hydrogen (secondary N) is 1. The molecule has 2 aliphatic rings.